The van der Waals surface area contributed by atoms with Gasteiger partial charge in [0.2, 0.25) is 5.91 Å². The summed E-state index contributed by atoms with van der Waals surface area (Å²) in [6, 6.07) is 21.9. The Kier molecular flexibility index (Phi) is 6.85. The average molecular weight is 427 g/mol. The molecule has 3 aromatic rings. The molecule has 0 saturated heterocycles. The summed E-state index contributed by atoms with van der Waals surface area (Å²) in [4.78, 5) is 16.8. The van der Waals surface area contributed by atoms with E-state index in [1.54, 1.807) is 6.26 Å². The zero-order valence-electron chi connectivity index (χ0n) is 15.3. The summed E-state index contributed by atoms with van der Waals surface area (Å²) in [5.41, 5.74) is 2.28. The summed E-state index contributed by atoms with van der Waals surface area (Å²) < 4.78 is 6.50. The lowest BCUT2D eigenvalue weighted by Crippen LogP contribution is -2.38. The van der Waals surface area contributed by atoms with Crippen molar-refractivity contribution in [2.45, 2.75) is 19.6 Å². The van der Waals surface area contributed by atoms with Crippen molar-refractivity contribution in [2.24, 2.45) is 0 Å². The molecule has 5 heteroatoms. The standard InChI is InChI=1S/C22H23BrN2O2/c1-24(14-19-9-11-20(23)12-10-19)17-22(26)25(16-21-8-5-13-27-21)15-18-6-3-2-4-7-18/h2-13H,14-17H2,1H3. The first-order valence-electron chi connectivity index (χ1n) is 8.87. The first-order chi connectivity index (χ1) is 13.1. The summed E-state index contributed by atoms with van der Waals surface area (Å²) in [7, 11) is 1.97. The minimum Gasteiger partial charge on any atom is -0.467 e. The van der Waals surface area contributed by atoms with Crippen molar-refractivity contribution in [3.05, 3.63) is 94.4 Å². The summed E-state index contributed by atoms with van der Waals surface area (Å²) in [5.74, 6) is 0.865. The van der Waals surface area contributed by atoms with Crippen molar-refractivity contribution in [1.82, 2.24) is 9.80 Å². The van der Waals surface area contributed by atoms with E-state index in [0.29, 0.717) is 19.6 Å². The van der Waals surface area contributed by atoms with Crippen molar-refractivity contribution in [3.8, 4) is 0 Å². The van der Waals surface area contributed by atoms with Crippen molar-refractivity contribution < 1.29 is 9.21 Å². The Morgan fingerprint density at radius 1 is 0.889 bits per heavy atom. The Balaban J connectivity index is 1.64. The molecular weight excluding hydrogens is 404 g/mol. The second-order valence-electron chi connectivity index (χ2n) is 6.61. The highest BCUT2D eigenvalue weighted by Crippen LogP contribution is 2.14. The van der Waals surface area contributed by atoms with E-state index < -0.39 is 0 Å². The van der Waals surface area contributed by atoms with Crippen molar-refractivity contribution in [2.75, 3.05) is 13.6 Å². The number of rotatable bonds is 8. The molecule has 0 bridgehead atoms. The third-order valence-corrected chi connectivity index (χ3v) is 4.80. The van der Waals surface area contributed by atoms with Crippen LogP contribution in [0.4, 0.5) is 0 Å². The monoisotopic (exact) mass is 426 g/mol. The van der Waals surface area contributed by atoms with Gasteiger partial charge in [0.25, 0.3) is 0 Å². The number of carbonyl (C=O) groups is 1. The predicted molar refractivity (Wildman–Crippen MR) is 110 cm³/mol. The second-order valence-corrected chi connectivity index (χ2v) is 7.53. The number of carbonyl (C=O) groups excluding carboxylic acids is 1. The molecule has 0 aliphatic heterocycles. The molecule has 0 atom stereocenters. The van der Waals surface area contributed by atoms with Gasteiger partial charge in [-0.05, 0) is 42.4 Å². The molecular formula is C22H23BrN2O2. The minimum atomic E-state index is 0.0786. The van der Waals surface area contributed by atoms with Gasteiger partial charge in [0.05, 0.1) is 19.4 Å². The molecule has 1 amide bonds. The van der Waals surface area contributed by atoms with Gasteiger partial charge in [-0.15, -0.1) is 0 Å². The van der Waals surface area contributed by atoms with Crippen LogP contribution < -0.4 is 0 Å². The third kappa shape index (κ3) is 6.08. The highest BCUT2D eigenvalue weighted by atomic mass is 79.9. The number of likely N-dealkylation sites (N-methyl/N-ethyl adjacent to an activating group) is 1. The molecule has 0 fully saturated rings. The van der Waals surface area contributed by atoms with Crippen LogP contribution in [0.1, 0.15) is 16.9 Å². The minimum absolute atomic E-state index is 0.0786. The molecule has 0 N–H and O–H groups in total. The summed E-state index contributed by atoms with van der Waals surface area (Å²) >= 11 is 3.45. The van der Waals surface area contributed by atoms with Gasteiger partial charge in [-0.3, -0.25) is 9.69 Å². The summed E-state index contributed by atoms with van der Waals surface area (Å²) in [5, 5.41) is 0. The zero-order valence-corrected chi connectivity index (χ0v) is 16.9. The molecule has 1 heterocycles. The fourth-order valence-electron chi connectivity index (χ4n) is 2.92. The summed E-state index contributed by atoms with van der Waals surface area (Å²) in [6.07, 6.45) is 1.64. The van der Waals surface area contributed by atoms with Crippen LogP contribution in [-0.4, -0.2) is 29.3 Å². The van der Waals surface area contributed by atoms with Crippen LogP contribution in [-0.2, 0) is 24.4 Å². The average Bonchev–Trinajstić information content (AvgIpc) is 3.17. The Hall–Kier alpha value is -2.37. The van der Waals surface area contributed by atoms with Gasteiger partial charge >= 0.3 is 0 Å². The molecule has 4 nitrogen and oxygen atoms in total. The van der Waals surface area contributed by atoms with Crippen LogP contribution >= 0.6 is 15.9 Å². The highest BCUT2D eigenvalue weighted by molar-refractivity contribution is 9.10. The van der Waals surface area contributed by atoms with Crippen LogP contribution in [0.15, 0.2) is 81.9 Å². The maximum absolute atomic E-state index is 13.0. The second kappa shape index (κ2) is 9.53. The topological polar surface area (TPSA) is 36.7 Å². The van der Waals surface area contributed by atoms with E-state index in [1.165, 1.54) is 5.56 Å². The van der Waals surface area contributed by atoms with E-state index in [4.69, 9.17) is 4.42 Å². The van der Waals surface area contributed by atoms with Gasteiger partial charge in [0.1, 0.15) is 5.76 Å². The maximum Gasteiger partial charge on any atom is 0.237 e. The Morgan fingerprint density at radius 2 is 1.59 bits per heavy atom. The maximum atomic E-state index is 13.0. The van der Waals surface area contributed by atoms with Gasteiger partial charge in [-0.2, -0.15) is 0 Å². The van der Waals surface area contributed by atoms with Gasteiger partial charge in [0.15, 0.2) is 0 Å². The third-order valence-electron chi connectivity index (χ3n) is 4.27. The number of amides is 1. The quantitative estimate of drug-likeness (QED) is 0.523. The van der Waals surface area contributed by atoms with Crippen LogP contribution in [0.2, 0.25) is 0 Å². The lowest BCUT2D eigenvalue weighted by molar-refractivity contribution is -0.133. The molecule has 0 aliphatic carbocycles. The normalized spacial score (nSPS) is 10.9. The van der Waals surface area contributed by atoms with Crippen LogP contribution in [0.25, 0.3) is 0 Å². The molecule has 0 unspecified atom stereocenters. The van der Waals surface area contributed by atoms with E-state index in [1.807, 2.05) is 71.4 Å². The lowest BCUT2D eigenvalue weighted by Gasteiger charge is -2.25. The van der Waals surface area contributed by atoms with E-state index in [2.05, 4.69) is 28.1 Å². The summed E-state index contributed by atoms with van der Waals surface area (Å²) in [6.45, 7) is 2.10. The Morgan fingerprint density at radius 3 is 2.26 bits per heavy atom. The molecule has 0 spiro atoms. The largest absolute Gasteiger partial charge is 0.467 e. The van der Waals surface area contributed by atoms with E-state index >= 15 is 0 Å². The number of halogens is 1. The van der Waals surface area contributed by atoms with Crippen molar-refractivity contribution in [1.29, 1.82) is 0 Å². The fraction of sp³-hybridized carbons (Fsp3) is 0.227. The SMILES string of the molecule is CN(CC(=O)N(Cc1ccccc1)Cc1ccco1)Cc1ccc(Br)cc1. The molecule has 140 valence electrons. The van der Waals surface area contributed by atoms with Gasteiger partial charge < -0.3 is 9.32 Å². The zero-order chi connectivity index (χ0) is 19.1. The number of furan rings is 1. The first kappa shape index (κ1) is 19.4. The molecule has 1 aromatic heterocycles. The van der Waals surface area contributed by atoms with Gasteiger partial charge in [-0.1, -0.05) is 58.4 Å². The smallest absolute Gasteiger partial charge is 0.237 e. The first-order valence-corrected chi connectivity index (χ1v) is 9.66. The molecule has 0 saturated carbocycles. The molecule has 27 heavy (non-hydrogen) atoms. The van der Waals surface area contributed by atoms with E-state index in [-0.39, 0.29) is 5.91 Å². The van der Waals surface area contributed by atoms with E-state index in [9.17, 15) is 4.79 Å². The molecule has 2 aromatic carbocycles. The highest BCUT2D eigenvalue weighted by Gasteiger charge is 2.18. The molecule has 0 radical (unpaired) electrons. The van der Waals surface area contributed by atoms with Crippen molar-refractivity contribution >= 4 is 21.8 Å². The lowest BCUT2D eigenvalue weighted by atomic mass is 10.2. The fourth-order valence-corrected chi connectivity index (χ4v) is 3.18. The number of hydrogen-bond donors (Lipinski definition) is 0. The van der Waals surface area contributed by atoms with Crippen LogP contribution in [0, 0.1) is 0 Å². The van der Waals surface area contributed by atoms with E-state index in [0.717, 1.165) is 22.3 Å². The predicted octanol–water partition coefficient (Wildman–Crippen LogP) is 4.70. The Labute approximate surface area is 168 Å². The molecule has 3 rings (SSSR count). The van der Waals surface area contributed by atoms with Crippen LogP contribution in [0.3, 0.4) is 0 Å². The van der Waals surface area contributed by atoms with Crippen LogP contribution in [0.5, 0.6) is 0 Å². The molecule has 0 aliphatic rings. The van der Waals surface area contributed by atoms with Crippen molar-refractivity contribution in [3.63, 3.8) is 0 Å². The number of hydrogen-bond acceptors (Lipinski definition) is 3. The van der Waals surface area contributed by atoms with Gasteiger partial charge in [-0.25, -0.2) is 0 Å². The Bertz CT molecular complexity index is 833. The number of benzene rings is 2. The van der Waals surface area contributed by atoms with Gasteiger partial charge in [0, 0.05) is 17.6 Å². The number of nitrogens with zero attached hydrogens (tertiary/aromatic N) is 2.